The molecule has 1 atom stereocenters. The lowest BCUT2D eigenvalue weighted by atomic mass is 10.1. The van der Waals surface area contributed by atoms with E-state index in [1.54, 1.807) is 25.3 Å². The van der Waals surface area contributed by atoms with Crippen molar-refractivity contribution in [3.63, 3.8) is 0 Å². The van der Waals surface area contributed by atoms with Crippen LogP contribution in [0, 0.1) is 0 Å². The molecule has 1 unspecified atom stereocenters. The summed E-state index contributed by atoms with van der Waals surface area (Å²) in [5.74, 6) is -0.216. The second-order valence-electron chi connectivity index (χ2n) is 4.81. The van der Waals surface area contributed by atoms with Crippen molar-refractivity contribution < 1.29 is 19.4 Å². The van der Waals surface area contributed by atoms with Gasteiger partial charge in [0.15, 0.2) is 0 Å². The number of nitrogens with one attached hydrogen (secondary N) is 1. The Labute approximate surface area is 119 Å². The smallest absolute Gasteiger partial charge is 0.325 e. The van der Waals surface area contributed by atoms with Crippen molar-refractivity contribution in [3.8, 4) is 5.75 Å². The van der Waals surface area contributed by atoms with E-state index in [1.165, 1.54) is 0 Å². The first-order chi connectivity index (χ1) is 9.54. The van der Waals surface area contributed by atoms with Crippen LogP contribution >= 0.6 is 0 Å². The first-order valence-corrected chi connectivity index (χ1v) is 6.76. The molecule has 0 spiro atoms. The van der Waals surface area contributed by atoms with Crippen molar-refractivity contribution in [1.82, 2.24) is 5.32 Å². The number of carboxylic acid groups (broad SMARTS) is 1. The Morgan fingerprint density at radius 3 is 2.75 bits per heavy atom. The van der Waals surface area contributed by atoms with Gasteiger partial charge in [0.25, 0.3) is 0 Å². The number of ether oxygens (including phenoxy) is 2. The van der Waals surface area contributed by atoms with Crippen molar-refractivity contribution in [2.24, 2.45) is 0 Å². The predicted molar refractivity (Wildman–Crippen MR) is 77.1 cm³/mol. The van der Waals surface area contributed by atoms with Crippen LogP contribution in [0.15, 0.2) is 24.3 Å². The molecule has 5 heteroatoms. The van der Waals surface area contributed by atoms with E-state index < -0.39 is 12.0 Å². The molecule has 0 fully saturated rings. The molecule has 0 aliphatic heterocycles. The zero-order chi connectivity index (χ0) is 15.0. The van der Waals surface area contributed by atoms with Crippen molar-refractivity contribution >= 4 is 5.97 Å². The molecule has 0 aliphatic carbocycles. The fraction of sp³-hybridized carbons (Fsp3) is 0.533. The maximum absolute atomic E-state index is 11.4. The number of rotatable bonds is 9. The lowest BCUT2D eigenvalue weighted by molar-refractivity contribution is -0.139. The molecule has 0 amide bonds. The van der Waals surface area contributed by atoms with Crippen LogP contribution in [-0.2, 0) is 9.53 Å². The Balaban J connectivity index is 2.73. The van der Waals surface area contributed by atoms with Gasteiger partial charge in [-0.15, -0.1) is 0 Å². The fourth-order valence-electron chi connectivity index (χ4n) is 1.85. The van der Waals surface area contributed by atoms with Gasteiger partial charge in [-0.05, 0) is 44.5 Å². The lowest BCUT2D eigenvalue weighted by Gasteiger charge is -2.16. The molecular weight excluding hydrogens is 258 g/mol. The van der Waals surface area contributed by atoms with Gasteiger partial charge >= 0.3 is 5.97 Å². The highest BCUT2D eigenvalue weighted by molar-refractivity contribution is 5.75. The van der Waals surface area contributed by atoms with Crippen LogP contribution in [0.1, 0.15) is 31.9 Å². The highest BCUT2D eigenvalue weighted by Gasteiger charge is 2.19. The van der Waals surface area contributed by atoms with E-state index in [0.717, 1.165) is 6.42 Å². The molecule has 1 aromatic carbocycles. The second kappa shape index (κ2) is 8.55. The van der Waals surface area contributed by atoms with Gasteiger partial charge in [0.1, 0.15) is 11.8 Å². The number of benzene rings is 1. The van der Waals surface area contributed by atoms with E-state index in [2.05, 4.69) is 5.32 Å². The van der Waals surface area contributed by atoms with Gasteiger partial charge in [-0.1, -0.05) is 12.1 Å². The topological polar surface area (TPSA) is 67.8 Å². The largest absolute Gasteiger partial charge is 0.491 e. The van der Waals surface area contributed by atoms with Gasteiger partial charge in [0.05, 0.1) is 6.10 Å². The maximum atomic E-state index is 11.4. The SMILES string of the molecule is COCCCNC(C(=O)O)c1cccc(OC(C)C)c1. The first-order valence-electron chi connectivity index (χ1n) is 6.76. The standard InChI is InChI=1S/C15H23NO4/c1-11(2)20-13-7-4-6-12(10-13)14(15(17)18)16-8-5-9-19-3/h4,6-7,10-11,14,16H,5,8-9H2,1-3H3,(H,17,18). The molecule has 0 saturated carbocycles. The predicted octanol–water partition coefficient (Wildman–Crippen LogP) is 2.23. The Kier molecular flexibility index (Phi) is 7.04. The number of hydrogen-bond donors (Lipinski definition) is 2. The Morgan fingerprint density at radius 1 is 1.40 bits per heavy atom. The minimum atomic E-state index is -0.899. The van der Waals surface area contributed by atoms with Crippen LogP contribution < -0.4 is 10.1 Å². The van der Waals surface area contributed by atoms with Gasteiger partial charge in [-0.3, -0.25) is 4.79 Å². The van der Waals surface area contributed by atoms with Gasteiger partial charge in [0.2, 0.25) is 0 Å². The van der Waals surface area contributed by atoms with E-state index in [1.807, 2.05) is 19.9 Å². The average molecular weight is 281 g/mol. The van der Waals surface area contributed by atoms with E-state index in [-0.39, 0.29) is 6.10 Å². The maximum Gasteiger partial charge on any atom is 0.325 e. The van der Waals surface area contributed by atoms with E-state index in [0.29, 0.717) is 24.5 Å². The minimum Gasteiger partial charge on any atom is -0.491 e. The summed E-state index contributed by atoms with van der Waals surface area (Å²) in [5.41, 5.74) is 0.688. The van der Waals surface area contributed by atoms with E-state index in [4.69, 9.17) is 9.47 Å². The van der Waals surface area contributed by atoms with Crippen molar-refractivity contribution in [3.05, 3.63) is 29.8 Å². The van der Waals surface area contributed by atoms with Gasteiger partial charge < -0.3 is 19.9 Å². The molecule has 0 aliphatic rings. The summed E-state index contributed by atoms with van der Waals surface area (Å²) in [6, 6.07) is 6.45. The molecule has 2 N–H and O–H groups in total. The summed E-state index contributed by atoms with van der Waals surface area (Å²) in [7, 11) is 1.63. The summed E-state index contributed by atoms with van der Waals surface area (Å²) < 4.78 is 10.5. The summed E-state index contributed by atoms with van der Waals surface area (Å²) in [5, 5.41) is 12.3. The zero-order valence-corrected chi connectivity index (χ0v) is 12.3. The number of aliphatic carboxylic acids is 1. The molecule has 0 saturated heterocycles. The van der Waals surface area contributed by atoms with Crippen LogP contribution in [0.25, 0.3) is 0 Å². The van der Waals surface area contributed by atoms with Crippen LogP contribution in [0.5, 0.6) is 5.75 Å². The fourth-order valence-corrected chi connectivity index (χ4v) is 1.85. The second-order valence-corrected chi connectivity index (χ2v) is 4.81. The molecule has 0 radical (unpaired) electrons. The number of carboxylic acids is 1. The molecule has 0 aromatic heterocycles. The Morgan fingerprint density at radius 2 is 2.15 bits per heavy atom. The third-order valence-corrected chi connectivity index (χ3v) is 2.68. The van der Waals surface area contributed by atoms with Crippen molar-refractivity contribution in [2.75, 3.05) is 20.3 Å². The number of carbonyl (C=O) groups is 1. The molecule has 20 heavy (non-hydrogen) atoms. The normalized spacial score (nSPS) is 12.4. The molecular formula is C15H23NO4. The van der Waals surface area contributed by atoms with Crippen LogP contribution in [-0.4, -0.2) is 37.4 Å². The molecule has 112 valence electrons. The summed E-state index contributed by atoms with van der Waals surface area (Å²) in [4.78, 5) is 11.4. The average Bonchev–Trinajstić information content (AvgIpc) is 2.37. The first kappa shape index (κ1) is 16.5. The molecule has 5 nitrogen and oxygen atoms in total. The minimum absolute atomic E-state index is 0.0585. The van der Waals surface area contributed by atoms with Crippen molar-refractivity contribution in [2.45, 2.75) is 32.4 Å². The van der Waals surface area contributed by atoms with Crippen LogP contribution in [0.4, 0.5) is 0 Å². The quantitative estimate of drug-likeness (QED) is 0.679. The summed E-state index contributed by atoms with van der Waals surface area (Å²) >= 11 is 0. The lowest BCUT2D eigenvalue weighted by Crippen LogP contribution is -2.29. The molecule has 1 rings (SSSR count). The molecule has 0 bridgehead atoms. The van der Waals surface area contributed by atoms with Gasteiger partial charge in [-0.2, -0.15) is 0 Å². The van der Waals surface area contributed by atoms with Crippen LogP contribution in [0.3, 0.4) is 0 Å². The van der Waals surface area contributed by atoms with Crippen LogP contribution in [0.2, 0.25) is 0 Å². The van der Waals surface area contributed by atoms with Crippen molar-refractivity contribution in [1.29, 1.82) is 0 Å². The summed E-state index contributed by atoms with van der Waals surface area (Å²) in [6.07, 6.45) is 0.825. The van der Waals surface area contributed by atoms with Gasteiger partial charge in [-0.25, -0.2) is 0 Å². The highest BCUT2D eigenvalue weighted by atomic mass is 16.5. The monoisotopic (exact) mass is 281 g/mol. The summed E-state index contributed by atoms with van der Waals surface area (Å²) in [6.45, 7) is 5.06. The van der Waals surface area contributed by atoms with E-state index >= 15 is 0 Å². The number of hydrogen-bond acceptors (Lipinski definition) is 4. The van der Waals surface area contributed by atoms with E-state index in [9.17, 15) is 9.90 Å². The highest BCUT2D eigenvalue weighted by Crippen LogP contribution is 2.20. The zero-order valence-electron chi connectivity index (χ0n) is 12.3. The molecule has 0 heterocycles. The molecule has 1 aromatic rings. The number of methoxy groups -OCH3 is 1. The van der Waals surface area contributed by atoms with Gasteiger partial charge in [0, 0.05) is 13.7 Å². The Bertz CT molecular complexity index is 420. The third-order valence-electron chi connectivity index (χ3n) is 2.68. The third kappa shape index (κ3) is 5.59. The Hall–Kier alpha value is -1.59.